The SMILES string of the molecule is CCCCCC(CC(=O)Nc1cc(C(C)=O)ccc1C(C)(C)C)c1ccc(S(C)(=O)=O)cc1. The van der Waals surface area contributed by atoms with E-state index in [0.717, 1.165) is 36.8 Å². The summed E-state index contributed by atoms with van der Waals surface area (Å²) in [5, 5.41) is 3.05. The number of amides is 1. The Balaban J connectivity index is 2.29. The number of hydrogen-bond acceptors (Lipinski definition) is 4. The summed E-state index contributed by atoms with van der Waals surface area (Å²) in [6, 6.07) is 12.3. The second-order valence-electron chi connectivity index (χ2n) is 9.85. The van der Waals surface area contributed by atoms with Crippen LogP contribution in [-0.2, 0) is 20.0 Å². The molecule has 0 bridgehead atoms. The highest BCUT2D eigenvalue weighted by Crippen LogP contribution is 2.32. The number of rotatable bonds is 10. The average Bonchev–Trinajstić information content (AvgIpc) is 2.71. The molecule has 2 rings (SSSR count). The van der Waals surface area contributed by atoms with Gasteiger partial charge < -0.3 is 5.32 Å². The van der Waals surface area contributed by atoms with Gasteiger partial charge in [0.15, 0.2) is 15.6 Å². The fraction of sp³-hybridized carbons (Fsp3) is 0.481. The highest BCUT2D eigenvalue weighted by atomic mass is 32.2. The molecule has 0 radical (unpaired) electrons. The molecule has 0 aliphatic heterocycles. The van der Waals surface area contributed by atoms with Gasteiger partial charge in [-0.3, -0.25) is 9.59 Å². The van der Waals surface area contributed by atoms with Crippen LogP contribution < -0.4 is 5.32 Å². The molecule has 2 aromatic carbocycles. The molecule has 0 saturated heterocycles. The summed E-state index contributed by atoms with van der Waals surface area (Å²) < 4.78 is 23.6. The van der Waals surface area contributed by atoms with Gasteiger partial charge in [0, 0.05) is 23.9 Å². The minimum absolute atomic E-state index is 0.0146. The van der Waals surface area contributed by atoms with Crippen LogP contribution in [0.25, 0.3) is 0 Å². The number of hydrogen-bond donors (Lipinski definition) is 1. The van der Waals surface area contributed by atoms with Gasteiger partial charge in [-0.25, -0.2) is 8.42 Å². The molecule has 180 valence electrons. The first-order chi connectivity index (χ1) is 15.3. The Kier molecular flexibility index (Phi) is 9.01. The summed E-state index contributed by atoms with van der Waals surface area (Å²) in [5.41, 5.74) is 2.97. The quantitative estimate of drug-likeness (QED) is 0.326. The maximum Gasteiger partial charge on any atom is 0.224 e. The second kappa shape index (κ2) is 11.1. The summed E-state index contributed by atoms with van der Waals surface area (Å²) in [4.78, 5) is 25.3. The Labute approximate surface area is 198 Å². The number of unbranched alkanes of at least 4 members (excludes halogenated alkanes) is 2. The first-order valence-electron chi connectivity index (χ1n) is 11.6. The Morgan fingerprint density at radius 1 is 1.00 bits per heavy atom. The first kappa shape index (κ1) is 26.8. The van der Waals surface area contributed by atoms with Crippen LogP contribution in [0, 0.1) is 0 Å². The summed E-state index contributed by atoms with van der Waals surface area (Å²) in [7, 11) is -3.27. The lowest BCUT2D eigenvalue weighted by Gasteiger charge is -2.24. The fourth-order valence-corrected chi connectivity index (χ4v) is 4.59. The third-order valence-electron chi connectivity index (χ3n) is 5.88. The van der Waals surface area contributed by atoms with Gasteiger partial charge in [0.25, 0.3) is 0 Å². The van der Waals surface area contributed by atoms with Crippen LogP contribution >= 0.6 is 0 Å². The maximum atomic E-state index is 13.1. The number of anilines is 1. The van der Waals surface area contributed by atoms with Crippen LogP contribution in [0.15, 0.2) is 47.4 Å². The molecule has 0 aliphatic rings. The van der Waals surface area contributed by atoms with E-state index in [1.54, 1.807) is 24.3 Å². The van der Waals surface area contributed by atoms with E-state index in [4.69, 9.17) is 0 Å². The molecule has 1 amide bonds. The predicted molar refractivity (Wildman–Crippen MR) is 135 cm³/mol. The van der Waals surface area contributed by atoms with Crippen molar-refractivity contribution in [2.75, 3.05) is 11.6 Å². The minimum atomic E-state index is -3.27. The number of ketones is 1. The van der Waals surface area contributed by atoms with Gasteiger partial charge in [0.1, 0.15) is 0 Å². The summed E-state index contributed by atoms with van der Waals surface area (Å²) >= 11 is 0. The monoisotopic (exact) mass is 471 g/mol. The zero-order chi connectivity index (χ0) is 24.8. The average molecular weight is 472 g/mol. The molecular weight excluding hydrogens is 434 g/mol. The molecule has 33 heavy (non-hydrogen) atoms. The molecule has 0 aromatic heterocycles. The van der Waals surface area contributed by atoms with Crippen molar-refractivity contribution in [2.45, 2.75) is 83.0 Å². The molecule has 0 saturated carbocycles. The predicted octanol–water partition coefficient (Wildman–Crippen LogP) is 6.28. The third-order valence-corrected chi connectivity index (χ3v) is 7.00. The number of nitrogens with one attached hydrogen (secondary N) is 1. The number of sulfone groups is 1. The molecule has 0 aliphatic carbocycles. The van der Waals surface area contributed by atoms with Crippen molar-refractivity contribution in [1.29, 1.82) is 0 Å². The van der Waals surface area contributed by atoms with Gasteiger partial charge in [-0.15, -0.1) is 0 Å². The van der Waals surface area contributed by atoms with Crippen molar-refractivity contribution in [3.8, 4) is 0 Å². The Bertz CT molecular complexity index is 1080. The summed E-state index contributed by atoms with van der Waals surface area (Å²) in [6.45, 7) is 9.87. The van der Waals surface area contributed by atoms with Crippen LogP contribution in [0.5, 0.6) is 0 Å². The van der Waals surface area contributed by atoms with Crippen molar-refractivity contribution in [3.63, 3.8) is 0 Å². The van der Waals surface area contributed by atoms with E-state index >= 15 is 0 Å². The van der Waals surface area contributed by atoms with Gasteiger partial charge >= 0.3 is 0 Å². The van der Waals surface area contributed by atoms with E-state index in [2.05, 4.69) is 33.0 Å². The van der Waals surface area contributed by atoms with Crippen LogP contribution in [0.4, 0.5) is 5.69 Å². The molecule has 0 spiro atoms. The smallest absolute Gasteiger partial charge is 0.224 e. The minimum Gasteiger partial charge on any atom is -0.326 e. The second-order valence-corrected chi connectivity index (χ2v) is 11.9. The van der Waals surface area contributed by atoms with E-state index in [1.165, 1.54) is 13.2 Å². The van der Waals surface area contributed by atoms with E-state index in [-0.39, 0.29) is 34.3 Å². The van der Waals surface area contributed by atoms with Crippen molar-refractivity contribution < 1.29 is 18.0 Å². The number of carbonyl (C=O) groups excluding carboxylic acids is 2. The van der Waals surface area contributed by atoms with E-state index < -0.39 is 9.84 Å². The van der Waals surface area contributed by atoms with Crippen molar-refractivity contribution >= 4 is 27.2 Å². The van der Waals surface area contributed by atoms with Gasteiger partial charge in [0.2, 0.25) is 5.91 Å². The van der Waals surface area contributed by atoms with Crippen molar-refractivity contribution in [2.24, 2.45) is 0 Å². The highest BCUT2D eigenvalue weighted by Gasteiger charge is 2.22. The fourth-order valence-electron chi connectivity index (χ4n) is 3.96. The highest BCUT2D eigenvalue weighted by molar-refractivity contribution is 7.90. The molecule has 0 fully saturated rings. The lowest BCUT2D eigenvalue weighted by atomic mass is 9.84. The van der Waals surface area contributed by atoms with E-state index in [1.807, 2.05) is 18.2 Å². The largest absolute Gasteiger partial charge is 0.326 e. The normalized spacial score (nSPS) is 12.9. The number of carbonyl (C=O) groups is 2. The molecular formula is C27H37NO4S. The molecule has 1 atom stereocenters. The van der Waals surface area contributed by atoms with Gasteiger partial charge in [-0.2, -0.15) is 0 Å². The van der Waals surface area contributed by atoms with Crippen LogP contribution in [-0.4, -0.2) is 26.4 Å². The van der Waals surface area contributed by atoms with Gasteiger partial charge in [-0.05, 0) is 54.0 Å². The summed E-state index contributed by atoms with van der Waals surface area (Å²) in [5.74, 6) is -0.177. The zero-order valence-corrected chi connectivity index (χ0v) is 21.5. The third kappa shape index (κ3) is 7.81. The number of benzene rings is 2. The van der Waals surface area contributed by atoms with E-state index in [0.29, 0.717) is 11.3 Å². The molecule has 5 nitrogen and oxygen atoms in total. The Morgan fingerprint density at radius 2 is 1.64 bits per heavy atom. The zero-order valence-electron chi connectivity index (χ0n) is 20.7. The molecule has 1 unspecified atom stereocenters. The Hall–Kier alpha value is -2.47. The molecule has 2 aromatic rings. The van der Waals surface area contributed by atoms with Gasteiger partial charge in [-0.1, -0.05) is 71.2 Å². The molecule has 0 heterocycles. The lowest BCUT2D eigenvalue weighted by molar-refractivity contribution is -0.116. The van der Waals surface area contributed by atoms with Crippen molar-refractivity contribution in [3.05, 3.63) is 59.2 Å². The van der Waals surface area contributed by atoms with Crippen LogP contribution in [0.3, 0.4) is 0 Å². The standard InChI is InChI=1S/C27H37NO4S/c1-7-8-9-10-22(20-11-14-23(15-12-20)33(6,31)32)18-26(30)28-25-17-21(19(2)29)13-16-24(25)27(3,4)5/h11-17,22H,7-10,18H2,1-6H3,(H,28,30). The van der Waals surface area contributed by atoms with Crippen LogP contribution in [0.1, 0.15) is 94.1 Å². The summed E-state index contributed by atoms with van der Waals surface area (Å²) in [6.07, 6.45) is 5.48. The molecule has 1 N–H and O–H groups in total. The topological polar surface area (TPSA) is 80.3 Å². The van der Waals surface area contributed by atoms with Gasteiger partial charge in [0.05, 0.1) is 4.90 Å². The maximum absolute atomic E-state index is 13.1. The van der Waals surface area contributed by atoms with E-state index in [9.17, 15) is 18.0 Å². The number of Topliss-reactive ketones (excluding diaryl/α,β-unsaturated/α-hetero) is 1. The lowest BCUT2D eigenvalue weighted by Crippen LogP contribution is -2.21. The molecule has 6 heteroatoms. The first-order valence-corrected chi connectivity index (χ1v) is 13.5. The van der Waals surface area contributed by atoms with Crippen molar-refractivity contribution in [1.82, 2.24) is 0 Å². The van der Waals surface area contributed by atoms with Crippen LogP contribution in [0.2, 0.25) is 0 Å². The Morgan fingerprint density at radius 3 is 2.15 bits per heavy atom.